The number of benzene rings is 3. The van der Waals surface area contributed by atoms with Gasteiger partial charge in [0, 0.05) is 44.7 Å². The van der Waals surface area contributed by atoms with Crippen molar-refractivity contribution < 1.29 is 29.0 Å². The Hall–Kier alpha value is -5.80. The normalized spacial score (nSPS) is 17.6. The van der Waals surface area contributed by atoms with E-state index in [1.807, 2.05) is 48.5 Å². The third kappa shape index (κ3) is 8.73. The number of rotatable bonds is 13. The minimum absolute atomic E-state index is 0.00307. The summed E-state index contributed by atoms with van der Waals surface area (Å²) in [6.07, 6.45) is 0.873. The number of nitrogens with one attached hydrogen (secondary N) is 3. The summed E-state index contributed by atoms with van der Waals surface area (Å²) in [5.74, 6) is -0.707. The Kier molecular flexibility index (Phi) is 11.7. The number of carbonyl (C=O) groups excluding carboxylic acids is 4. The van der Waals surface area contributed by atoms with E-state index in [0.717, 1.165) is 11.1 Å². The van der Waals surface area contributed by atoms with Crippen LogP contribution in [0.2, 0.25) is 0 Å². The topological polar surface area (TPSA) is 174 Å². The number of carbonyl (C=O) groups is 4. The van der Waals surface area contributed by atoms with E-state index >= 15 is 0 Å². The second kappa shape index (κ2) is 16.9. The smallest absolute Gasteiger partial charge is 0.316 e. The zero-order valence-corrected chi connectivity index (χ0v) is 28.8. The Morgan fingerprint density at radius 2 is 1.73 bits per heavy atom. The number of hydrogen-bond donors (Lipinski definition) is 4. The van der Waals surface area contributed by atoms with Gasteiger partial charge in [-0.15, -0.1) is 11.7 Å². The zero-order chi connectivity index (χ0) is 36.5. The van der Waals surface area contributed by atoms with Crippen LogP contribution in [-0.4, -0.2) is 117 Å². The Morgan fingerprint density at radius 3 is 2.48 bits per heavy atom. The first kappa shape index (κ1) is 36.0. The monoisotopic (exact) mass is 709 g/mol. The summed E-state index contributed by atoms with van der Waals surface area (Å²) in [5, 5.41) is 27.4. The van der Waals surface area contributed by atoms with Gasteiger partial charge in [0.15, 0.2) is 0 Å². The van der Waals surface area contributed by atoms with Crippen LogP contribution in [0.3, 0.4) is 0 Å². The van der Waals surface area contributed by atoms with E-state index in [-0.39, 0.29) is 62.6 Å². The quantitative estimate of drug-likeness (QED) is 0.118. The first-order valence-electron chi connectivity index (χ1n) is 17.2. The predicted molar refractivity (Wildman–Crippen MR) is 191 cm³/mol. The average molecular weight is 710 g/mol. The molecule has 0 aliphatic carbocycles. The van der Waals surface area contributed by atoms with Crippen molar-refractivity contribution in [3.8, 4) is 5.75 Å². The van der Waals surface area contributed by atoms with E-state index in [9.17, 15) is 24.3 Å². The number of nitrogens with zero attached hydrogens (tertiary/aromatic N) is 6. The van der Waals surface area contributed by atoms with Crippen molar-refractivity contribution in [2.45, 2.75) is 38.3 Å². The van der Waals surface area contributed by atoms with Crippen LogP contribution < -0.4 is 16.0 Å². The highest BCUT2D eigenvalue weighted by Crippen LogP contribution is 2.25. The van der Waals surface area contributed by atoms with Gasteiger partial charge in [-0.1, -0.05) is 65.9 Å². The van der Waals surface area contributed by atoms with E-state index in [1.54, 1.807) is 32.7 Å². The molecule has 0 radical (unpaired) electrons. The molecule has 1 aromatic heterocycles. The number of urea groups is 1. The molecule has 52 heavy (non-hydrogen) atoms. The molecule has 2 aliphatic heterocycles. The van der Waals surface area contributed by atoms with Gasteiger partial charge in [0.05, 0.1) is 31.8 Å². The van der Waals surface area contributed by atoms with Gasteiger partial charge in [0.25, 0.3) is 0 Å². The van der Waals surface area contributed by atoms with Crippen LogP contribution in [0, 0.1) is 0 Å². The minimum Gasteiger partial charge on any atom is -0.508 e. The number of aromatic hydroxyl groups is 1. The second-order valence-electron chi connectivity index (χ2n) is 12.7. The second-order valence-corrected chi connectivity index (χ2v) is 12.7. The molecule has 4 aromatic rings. The molecule has 4 N–H and O–H groups in total. The number of hydrogen-bond acceptors (Lipinski definition) is 9. The maximum Gasteiger partial charge on any atom is 0.316 e. The highest BCUT2D eigenvalue weighted by atomic mass is 16.5. The molecule has 5 amide bonds. The molecular weight excluding hydrogens is 666 g/mol. The van der Waals surface area contributed by atoms with Gasteiger partial charge in [-0.25, -0.2) is 9.48 Å². The first-order chi connectivity index (χ1) is 25.3. The van der Waals surface area contributed by atoms with Crippen LogP contribution >= 0.6 is 0 Å². The molecule has 3 aromatic carbocycles. The average Bonchev–Trinajstić information content (AvgIpc) is 3.57. The number of phenolic OH excluding ortho intramolecular Hbond substituents is 1. The lowest BCUT2D eigenvalue weighted by molar-refractivity contribution is -0.156. The summed E-state index contributed by atoms with van der Waals surface area (Å²) < 4.78 is 6.93. The number of aromatic nitrogens is 3. The highest BCUT2D eigenvalue weighted by molar-refractivity contribution is 5.91. The van der Waals surface area contributed by atoms with E-state index in [2.05, 4.69) is 32.8 Å². The summed E-state index contributed by atoms with van der Waals surface area (Å²) in [5.41, 5.74) is 3.50. The summed E-state index contributed by atoms with van der Waals surface area (Å²) in [6, 6.07) is 19.9. The molecule has 2 aliphatic rings. The van der Waals surface area contributed by atoms with Crippen molar-refractivity contribution in [2.75, 3.05) is 45.9 Å². The van der Waals surface area contributed by atoms with Gasteiger partial charge in [-0.2, -0.15) is 0 Å². The molecule has 6 rings (SSSR count). The van der Waals surface area contributed by atoms with Crippen molar-refractivity contribution in [3.63, 3.8) is 0 Å². The Balaban J connectivity index is 1.28. The molecule has 3 heterocycles. The third-order valence-electron chi connectivity index (χ3n) is 9.11. The Labute approximate surface area is 301 Å². The fourth-order valence-corrected chi connectivity index (χ4v) is 6.47. The number of amides is 5. The predicted octanol–water partition coefficient (Wildman–Crippen LogP) is 1.38. The Morgan fingerprint density at radius 1 is 0.962 bits per heavy atom. The summed E-state index contributed by atoms with van der Waals surface area (Å²) >= 11 is 0. The van der Waals surface area contributed by atoms with Crippen LogP contribution in [0.25, 0.3) is 11.0 Å². The number of fused-ring (bicyclic) bond motifs is 1. The largest absolute Gasteiger partial charge is 0.508 e. The fourth-order valence-electron chi connectivity index (χ4n) is 6.47. The van der Waals surface area contributed by atoms with Crippen LogP contribution in [0.1, 0.15) is 16.7 Å². The number of piperazine rings is 1. The van der Waals surface area contributed by atoms with Crippen molar-refractivity contribution in [3.05, 3.63) is 102 Å². The van der Waals surface area contributed by atoms with E-state index < -0.39 is 18.2 Å². The third-order valence-corrected chi connectivity index (χ3v) is 9.11. The molecule has 15 heteroatoms. The van der Waals surface area contributed by atoms with Crippen LogP contribution in [0.15, 0.2) is 85.5 Å². The summed E-state index contributed by atoms with van der Waals surface area (Å²) in [7, 11) is 0. The van der Waals surface area contributed by atoms with Crippen LogP contribution in [0.4, 0.5) is 4.79 Å². The highest BCUT2D eigenvalue weighted by Gasteiger charge is 2.44. The molecule has 15 nitrogen and oxygen atoms in total. The molecule has 0 saturated carbocycles. The molecule has 2 fully saturated rings. The summed E-state index contributed by atoms with van der Waals surface area (Å²) in [6.45, 7) is 6.39. The van der Waals surface area contributed by atoms with Gasteiger partial charge >= 0.3 is 6.03 Å². The lowest BCUT2D eigenvalue weighted by Crippen LogP contribution is -2.69. The number of morpholine rings is 1. The fraction of sp³-hybridized carbons (Fsp3) is 0.351. The Bertz CT molecular complexity index is 1880. The molecule has 0 spiro atoms. The van der Waals surface area contributed by atoms with E-state index in [0.29, 0.717) is 49.4 Å². The maximum absolute atomic E-state index is 14.5. The molecule has 2 atom stereocenters. The van der Waals surface area contributed by atoms with Crippen molar-refractivity contribution >= 4 is 34.8 Å². The molecular formula is C37H43N9O6. The maximum atomic E-state index is 14.5. The number of phenols is 1. The zero-order valence-electron chi connectivity index (χ0n) is 28.8. The van der Waals surface area contributed by atoms with Crippen molar-refractivity contribution in [1.82, 2.24) is 45.6 Å². The van der Waals surface area contributed by atoms with Gasteiger partial charge in [-0.3, -0.25) is 14.4 Å². The molecule has 272 valence electrons. The van der Waals surface area contributed by atoms with Gasteiger partial charge in [0.2, 0.25) is 17.7 Å². The van der Waals surface area contributed by atoms with E-state index in [4.69, 9.17) is 4.74 Å². The summed E-state index contributed by atoms with van der Waals surface area (Å²) in [4.78, 5) is 59.5. The van der Waals surface area contributed by atoms with E-state index in [1.165, 1.54) is 17.0 Å². The van der Waals surface area contributed by atoms with Crippen molar-refractivity contribution in [1.29, 1.82) is 0 Å². The van der Waals surface area contributed by atoms with Crippen LogP contribution in [-0.2, 0) is 45.2 Å². The lowest BCUT2D eigenvalue weighted by atomic mass is 9.99. The van der Waals surface area contributed by atoms with Crippen molar-refractivity contribution in [2.24, 2.45) is 0 Å². The van der Waals surface area contributed by atoms with Gasteiger partial charge in [-0.05, 0) is 29.3 Å². The first-order valence-corrected chi connectivity index (χ1v) is 17.2. The molecule has 2 saturated heterocycles. The molecule has 0 bridgehead atoms. The standard InChI is InChI=1S/C37H43N9O6/c1-2-15-38-22-33(48)46-31(20-26-11-13-29(47)14-12-26)36(50)44(24-32(46)40-37(51)39-21-27-7-4-3-5-8-27)23-28-9-6-10-30-35(28)41-42-45(30)25-34(49)43-16-18-52-19-17-43/h2-14,31-32,38,47H,1,15-25H2,(H2,39,40,51)/t31-,32+/m0/s1. The minimum atomic E-state index is -0.989. The van der Waals surface area contributed by atoms with Gasteiger partial charge < -0.3 is 40.5 Å². The SMILES string of the molecule is C=CCNCC(=O)N1[C@@H](NC(=O)NCc2ccccc2)CN(Cc2cccc3c2nnn3CC(=O)N2CCOCC2)C(=O)[C@@H]1Cc1ccc(O)cc1. The van der Waals surface area contributed by atoms with Crippen LogP contribution in [0.5, 0.6) is 5.75 Å². The van der Waals surface area contributed by atoms with Gasteiger partial charge in [0.1, 0.15) is 30.0 Å². The molecule has 0 unspecified atom stereocenters. The lowest BCUT2D eigenvalue weighted by Gasteiger charge is -2.46. The number of ether oxygens (including phenoxy) is 1.